The number of carbonyl (C=O) groups is 3. The van der Waals surface area contributed by atoms with Gasteiger partial charge in [0, 0.05) is 16.1 Å². The Morgan fingerprint density at radius 3 is 2.59 bits per heavy atom. The lowest BCUT2D eigenvalue weighted by Crippen LogP contribution is -2.48. The van der Waals surface area contributed by atoms with Crippen LogP contribution in [0.2, 0.25) is 5.02 Å². The van der Waals surface area contributed by atoms with E-state index in [1.54, 1.807) is 0 Å². The number of rotatable bonds is 4. The molecule has 27 heavy (non-hydrogen) atoms. The molecule has 2 aromatic rings. The third-order valence-electron chi connectivity index (χ3n) is 4.55. The lowest BCUT2D eigenvalue weighted by atomic mass is 9.96. The number of hydrogen-bond donors (Lipinski definition) is 2. The van der Waals surface area contributed by atoms with E-state index in [4.69, 9.17) is 16.3 Å². The van der Waals surface area contributed by atoms with Gasteiger partial charge in [-0.1, -0.05) is 49.1 Å². The summed E-state index contributed by atoms with van der Waals surface area (Å²) in [7, 11) is 0. The standard InChI is InChI=1S/C19H21ClN2O4S/c1-11(17(23)22-19(25)21-12-7-3-2-4-8-12)26-18(24)16-15(20)13-9-5-6-10-14(13)27-16/h5-6,9-12H,2-4,7-8H2,1H3,(H2,21,22,23,25)/t11-/m0/s1. The molecule has 144 valence electrons. The summed E-state index contributed by atoms with van der Waals surface area (Å²) >= 11 is 7.46. The normalized spacial score (nSPS) is 15.9. The second-order valence-corrected chi connectivity index (χ2v) is 8.02. The van der Waals surface area contributed by atoms with Crippen molar-refractivity contribution in [3.8, 4) is 0 Å². The summed E-state index contributed by atoms with van der Waals surface area (Å²) in [4.78, 5) is 36.7. The minimum absolute atomic E-state index is 0.0850. The van der Waals surface area contributed by atoms with Gasteiger partial charge in [-0.05, 0) is 25.8 Å². The van der Waals surface area contributed by atoms with Gasteiger partial charge in [0.05, 0.1) is 5.02 Å². The summed E-state index contributed by atoms with van der Waals surface area (Å²) in [6.45, 7) is 1.42. The molecule has 1 saturated carbocycles. The Bertz CT molecular complexity index is 861. The Labute approximate surface area is 166 Å². The number of carbonyl (C=O) groups excluding carboxylic acids is 3. The van der Waals surface area contributed by atoms with E-state index in [0.29, 0.717) is 5.02 Å². The maximum atomic E-state index is 12.4. The van der Waals surface area contributed by atoms with Crippen LogP contribution < -0.4 is 10.6 Å². The number of benzene rings is 1. The van der Waals surface area contributed by atoms with Crippen LogP contribution in [-0.2, 0) is 9.53 Å². The summed E-state index contributed by atoms with van der Waals surface area (Å²) in [5.74, 6) is -1.36. The van der Waals surface area contributed by atoms with Crippen molar-refractivity contribution in [2.24, 2.45) is 0 Å². The minimum atomic E-state index is -1.11. The predicted octanol–water partition coefficient (Wildman–Crippen LogP) is 4.26. The average Bonchev–Trinajstić information content (AvgIpc) is 2.99. The van der Waals surface area contributed by atoms with Gasteiger partial charge in [0.25, 0.3) is 5.91 Å². The number of nitrogens with one attached hydrogen (secondary N) is 2. The molecule has 0 unspecified atom stereocenters. The first kappa shape index (κ1) is 19.6. The number of imide groups is 1. The maximum absolute atomic E-state index is 12.4. The first-order valence-electron chi connectivity index (χ1n) is 8.95. The molecular formula is C19H21ClN2O4S. The molecule has 0 bridgehead atoms. The number of halogens is 1. The smallest absolute Gasteiger partial charge is 0.350 e. The molecule has 0 saturated heterocycles. The molecule has 8 heteroatoms. The molecule has 1 fully saturated rings. The minimum Gasteiger partial charge on any atom is -0.448 e. The number of thiophene rings is 1. The Balaban J connectivity index is 1.56. The van der Waals surface area contributed by atoms with Crippen LogP contribution in [0, 0.1) is 0 Å². The Hall–Kier alpha value is -2.12. The zero-order valence-electron chi connectivity index (χ0n) is 14.9. The SMILES string of the molecule is C[C@H](OC(=O)c1sc2ccccc2c1Cl)C(=O)NC(=O)NC1CCCCC1. The summed E-state index contributed by atoms with van der Waals surface area (Å²) < 4.78 is 6.05. The summed E-state index contributed by atoms with van der Waals surface area (Å²) in [5, 5.41) is 6.09. The molecule has 0 spiro atoms. The monoisotopic (exact) mass is 408 g/mol. The molecular weight excluding hydrogens is 388 g/mol. The fourth-order valence-corrected chi connectivity index (χ4v) is 4.49. The van der Waals surface area contributed by atoms with E-state index in [1.165, 1.54) is 24.7 Å². The van der Waals surface area contributed by atoms with Crippen LogP contribution in [0.1, 0.15) is 48.7 Å². The van der Waals surface area contributed by atoms with Crippen molar-refractivity contribution in [2.75, 3.05) is 0 Å². The van der Waals surface area contributed by atoms with Crippen molar-refractivity contribution < 1.29 is 19.1 Å². The maximum Gasteiger partial charge on any atom is 0.350 e. The van der Waals surface area contributed by atoms with Gasteiger partial charge in [-0.15, -0.1) is 11.3 Å². The van der Waals surface area contributed by atoms with Crippen molar-refractivity contribution in [2.45, 2.75) is 51.2 Å². The topological polar surface area (TPSA) is 84.5 Å². The zero-order chi connectivity index (χ0) is 19.4. The molecule has 1 aromatic heterocycles. The van der Waals surface area contributed by atoms with E-state index < -0.39 is 24.0 Å². The van der Waals surface area contributed by atoms with Crippen LogP contribution in [0.15, 0.2) is 24.3 Å². The molecule has 2 N–H and O–H groups in total. The van der Waals surface area contributed by atoms with Crippen LogP contribution in [-0.4, -0.2) is 30.1 Å². The van der Waals surface area contributed by atoms with Gasteiger partial charge in [-0.2, -0.15) is 0 Å². The fourth-order valence-electron chi connectivity index (χ4n) is 3.09. The summed E-state index contributed by atoms with van der Waals surface area (Å²) in [5.41, 5.74) is 0. The number of esters is 1. The number of ether oxygens (including phenoxy) is 1. The van der Waals surface area contributed by atoms with Crippen LogP contribution in [0.25, 0.3) is 10.1 Å². The molecule has 1 aliphatic carbocycles. The van der Waals surface area contributed by atoms with Crippen molar-refractivity contribution in [1.29, 1.82) is 0 Å². The van der Waals surface area contributed by atoms with E-state index in [1.807, 2.05) is 24.3 Å². The van der Waals surface area contributed by atoms with Gasteiger partial charge >= 0.3 is 12.0 Å². The van der Waals surface area contributed by atoms with Crippen LogP contribution in [0.3, 0.4) is 0 Å². The third kappa shape index (κ3) is 4.78. The Morgan fingerprint density at radius 1 is 1.19 bits per heavy atom. The molecule has 1 aliphatic rings. The van der Waals surface area contributed by atoms with E-state index in [9.17, 15) is 14.4 Å². The molecule has 0 aliphatic heterocycles. The highest BCUT2D eigenvalue weighted by Gasteiger charge is 2.25. The summed E-state index contributed by atoms with van der Waals surface area (Å²) in [6.07, 6.45) is 4.03. The Kier molecular flexibility index (Phi) is 6.34. The average molecular weight is 409 g/mol. The zero-order valence-corrected chi connectivity index (χ0v) is 16.5. The van der Waals surface area contributed by atoms with Gasteiger partial charge in [-0.25, -0.2) is 9.59 Å². The van der Waals surface area contributed by atoms with Crippen molar-refractivity contribution in [1.82, 2.24) is 10.6 Å². The van der Waals surface area contributed by atoms with Gasteiger partial charge in [-0.3, -0.25) is 10.1 Å². The van der Waals surface area contributed by atoms with Gasteiger partial charge in [0.1, 0.15) is 4.88 Å². The van der Waals surface area contributed by atoms with Gasteiger partial charge in [0.15, 0.2) is 6.10 Å². The Morgan fingerprint density at radius 2 is 1.89 bits per heavy atom. The summed E-state index contributed by atoms with van der Waals surface area (Å²) in [6, 6.07) is 6.88. The second kappa shape index (κ2) is 8.71. The highest BCUT2D eigenvalue weighted by Crippen LogP contribution is 2.35. The highest BCUT2D eigenvalue weighted by atomic mass is 35.5. The largest absolute Gasteiger partial charge is 0.448 e. The number of hydrogen-bond acceptors (Lipinski definition) is 5. The molecule has 3 amide bonds. The predicted molar refractivity (Wildman–Crippen MR) is 105 cm³/mol. The quantitative estimate of drug-likeness (QED) is 0.740. The lowest BCUT2D eigenvalue weighted by molar-refractivity contribution is -0.127. The van der Waals surface area contributed by atoms with Crippen LogP contribution in [0.5, 0.6) is 0 Å². The molecule has 3 rings (SSSR count). The first-order valence-corrected chi connectivity index (χ1v) is 10.1. The molecule has 0 radical (unpaired) electrons. The van der Waals surface area contributed by atoms with Crippen molar-refractivity contribution in [3.05, 3.63) is 34.2 Å². The van der Waals surface area contributed by atoms with Gasteiger partial charge < -0.3 is 10.1 Å². The molecule has 1 atom stereocenters. The van der Waals surface area contributed by atoms with E-state index in [2.05, 4.69) is 10.6 Å². The third-order valence-corrected chi connectivity index (χ3v) is 6.21. The van der Waals surface area contributed by atoms with Crippen LogP contribution in [0.4, 0.5) is 4.79 Å². The van der Waals surface area contributed by atoms with Crippen LogP contribution >= 0.6 is 22.9 Å². The molecule has 1 aromatic carbocycles. The molecule has 1 heterocycles. The van der Waals surface area contributed by atoms with Crippen molar-refractivity contribution >= 4 is 50.9 Å². The second-order valence-electron chi connectivity index (χ2n) is 6.59. The van der Waals surface area contributed by atoms with E-state index >= 15 is 0 Å². The fraction of sp³-hybridized carbons (Fsp3) is 0.421. The number of amides is 3. The highest BCUT2D eigenvalue weighted by molar-refractivity contribution is 7.21. The molecule has 6 nitrogen and oxygen atoms in total. The van der Waals surface area contributed by atoms with E-state index in [0.717, 1.165) is 35.8 Å². The number of urea groups is 1. The van der Waals surface area contributed by atoms with E-state index in [-0.39, 0.29) is 10.9 Å². The number of fused-ring (bicyclic) bond motifs is 1. The first-order chi connectivity index (χ1) is 13.0. The lowest BCUT2D eigenvalue weighted by Gasteiger charge is -2.23. The van der Waals surface area contributed by atoms with Crippen molar-refractivity contribution in [3.63, 3.8) is 0 Å². The van der Waals surface area contributed by atoms with Gasteiger partial charge in [0.2, 0.25) is 0 Å².